The first-order valence-corrected chi connectivity index (χ1v) is 7.20. The van der Waals surface area contributed by atoms with Crippen LogP contribution in [0.15, 0.2) is 24.3 Å². The van der Waals surface area contributed by atoms with Gasteiger partial charge in [0.1, 0.15) is 5.75 Å². The number of para-hydroxylation sites is 1. The normalized spacial score (nSPS) is 24.6. The molecule has 1 fully saturated rings. The summed E-state index contributed by atoms with van der Waals surface area (Å²) in [7, 11) is 0. The zero-order chi connectivity index (χ0) is 13.8. The smallest absolute Gasteiger partial charge is 0.315 e. The van der Waals surface area contributed by atoms with Crippen LogP contribution in [-0.2, 0) is 4.74 Å². The summed E-state index contributed by atoms with van der Waals surface area (Å²) in [6.45, 7) is 2.02. The third-order valence-corrected chi connectivity index (χ3v) is 3.78. The molecule has 0 bridgehead atoms. The zero-order valence-corrected chi connectivity index (χ0v) is 11.4. The van der Waals surface area contributed by atoms with Crippen molar-refractivity contribution in [2.24, 2.45) is 0 Å². The van der Waals surface area contributed by atoms with E-state index < -0.39 is 0 Å². The number of amides is 2. The highest BCUT2D eigenvalue weighted by Gasteiger charge is 2.23. The van der Waals surface area contributed by atoms with E-state index in [9.17, 15) is 4.79 Å². The first-order chi connectivity index (χ1) is 9.83. The number of nitrogens with one attached hydrogen (secondary N) is 2. The predicted octanol–water partition coefficient (Wildman–Crippen LogP) is 1.99. The van der Waals surface area contributed by atoms with Crippen molar-refractivity contribution in [3.63, 3.8) is 0 Å². The second-order valence-electron chi connectivity index (χ2n) is 5.22. The van der Waals surface area contributed by atoms with E-state index in [4.69, 9.17) is 9.47 Å². The molecule has 2 aliphatic heterocycles. The maximum atomic E-state index is 12.0. The largest absolute Gasteiger partial charge is 0.493 e. The van der Waals surface area contributed by atoms with Crippen molar-refractivity contribution in [1.29, 1.82) is 0 Å². The van der Waals surface area contributed by atoms with Crippen LogP contribution in [0.3, 0.4) is 0 Å². The van der Waals surface area contributed by atoms with Crippen LogP contribution in [0.25, 0.3) is 0 Å². The Hall–Kier alpha value is -1.75. The molecule has 1 saturated heterocycles. The molecule has 20 heavy (non-hydrogen) atoms. The summed E-state index contributed by atoms with van der Waals surface area (Å²) in [4.78, 5) is 12.0. The summed E-state index contributed by atoms with van der Waals surface area (Å²) >= 11 is 0. The Bertz CT molecular complexity index is 472. The molecule has 0 saturated carbocycles. The predicted molar refractivity (Wildman–Crippen MR) is 74.8 cm³/mol. The second-order valence-corrected chi connectivity index (χ2v) is 5.22. The van der Waals surface area contributed by atoms with Crippen LogP contribution in [0.1, 0.15) is 30.9 Å². The Balaban J connectivity index is 1.54. The number of benzene rings is 1. The van der Waals surface area contributed by atoms with Gasteiger partial charge in [0, 0.05) is 25.1 Å². The van der Waals surface area contributed by atoms with E-state index in [0.717, 1.165) is 37.2 Å². The van der Waals surface area contributed by atoms with Crippen LogP contribution in [0.5, 0.6) is 5.75 Å². The van der Waals surface area contributed by atoms with Crippen molar-refractivity contribution < 1.29 is 14.3 Å². The lowest BCUT2D eigenvalue weighted by molar-refractivity contribution is 0.111. The summed E-state index contributed by atoms with van der Waals surface area (Å²) in [5.41, 5.74) is 1.05. The van der Waals surface area contributed by atoms with Crippen LogP contribution < -0.4 is 15.4 Å². The van der Waals surface area contributed by atoms with Crippen LogP contribution >= 0.6 is 0 Å². The molecule has 3 rings (SSSR count). The van der Waals surface area contributed by atoms with Gasteiger partial charge >= 0.3 is 6.03 Å². The molecule has 108 valence electrons. The fourth-order valence-corrected chi connectivity index (χ4v) is 2.71. The number of hydrogen-bond donors (Lipinski definition) is 2. The average Bonchev–Trinajstić information content (AvgIpc) is 2.99. The van der Waals surface area contributed by atoms with E-state index in [1.54, 1.807) is 0 Å². The minimum Gasteiger partial charge on any atom is -0.493 e. The number of urea groups is 1. The Labute approximate surface area is 118 Å². The van der Waals surface area contributed by atoms with E-state index in [-0.39, 0.29) is 18.2 Å². The molecule has 2 aliphatic rings. The molecule has 2 amide bonds. The molecule has 0 spiro atoms. The monoisotopic (exact) mass is 276 g/mol. The molecule has 0 aromatic heterocycles. The molecule has 0 unspecified atom stereocenters. The van der Waals surface area contributed by atoms with Crippen molar-refractivity contribution >= 4 is 6.03 Å². The molecule has 1 aromatic rings. The quantitative estimate of drug-likeness (QED) is 0.887. The van der Waals surface area contributed by atoms with Crippen LogP contribution in [0, 0.1) is 0 Å². The molecule has 5 heteroatoms. The molecule has 2 heterocycles. The van der Waals surface area contributed by atoms with Gasteiger partial charge in [-0.25, -0.2) is 4.79 Å². The Kier molecular flexibility index (Phi) is 4.06. The highest BCUT2D eigenvalue weighted by atomic mass is 16.5. The van der Waals surface area contributed by atoms with E-state index >= 15 is 0 Å². The van der Waals surface area contributed by atoms with Gasteiger partial charge in [-0.15, -0.1) is 0 Å². The zero-order valence-electron chi connectivity index (χ0n) is 11.4. The van der Waals surface area contributed by atoms with Gasteiger partial charge in [-0.1, -0.05) is 18.2 Å². The molecule has 5 nitrogen and oxygen atoms in total. The number of ether oxygens (including phenoxy) is 2. The number of carbonyl (C=O) groups is 1. The van der Waals surface area contributed by atoms with Gasteiger partial charge in [0.2, 0.25) is 0 Å². The third-order valence-electron chi connectivity index (χ3n) is 3.78. The molecular weight excluding hydrogens is 256 g/mol. The maximum absolute atomic E-state index is 12.0. The average molecular weight is 276 g/mol. The van der Waals surface area contributed by atoms with Crippen molar-refractivity contribution in [2.45, 2.75) is 31.4 Å². The van der Waals surface area contributed by atoms with E-state index in [1.165, 1.54) is 0 Å². The van der Waals surface area contributed by atoms with Gasteiger partial charge in [-0.3, -0.25) is 0 Å². The van der Waals surface area contributed by atoms with Crippen molar-refractivity contribution in [3.05, 3.63) is 29.8 Å². The van der Waals surface area contributed by atoms with Gasteiger partial charge in [0.05, 0.1) is 18.8 Å². The van der Waals surface area contributed by atoms with Crippen molar-refractivity contribution in [3.8, 4) is 5.75 Å². The van der Waals surface area contributed by atoms with E-state index in [2.05, 4.69) is 10.6 Å². The summed E-state index contributed by atoms with van der Waals surface area (Å²) < 4.78 is 11.1. The standard InChI is InChI=1S/C15H20N2O3/c18-15(16-10-11-4-3-8-19-11)17-13-7-9-20-14-6-2-1-5-12(13)14/h1-2,5-6,11,13H,3-4,7-10H2,(H2,16,17,18)/t11-,13-/m0/s1. The first-order valence-electron chi connectivity index (χ1n) is 7.20. The highest BCUT2D eigenvalue weighted by Crippen LogP contribution is 2.31. The SMILES string of the molecule is O=C(NC[C@@H]1CCCO1)N[C@H]1CCOc2ccccc21. The molecule has 2 N–H and O–H groups in total. The summed E-state index contributed by atoms with van der Waals surface area (Å²) in [6.07, 6.45) is 3.08. The van der Waals surface area contributed by atoms with E-state index in [0.29, 0.717) is 13.2 Å². The lowest BCUT2D eigenvalue weighted by atomic mass is 10.0. The maximum Gasteiger partial charge on any atom is 0.315 e. The van der Waals surface area contributed by atoms with Gasteiger partial charge in [0.25, 0.3) is 0 Å². The second kappa shape index (κ2) is 6.13. The highest BCUT2D eigenvalue weighted by molar-refractivity contribution is 5.74. The van der Waals surface area contributed by atoms with Gasteiger partial charge < -0.3 is 20.1 Å². The number of fused-ring (bicyclic) bond motifs is 1. The fourth-order valence-electron chi connectivity index (χ4n) is 2.71. The fraction of sp³-hybridized carbons (Fsp3) is 0.533. The van der Waals surface area contributed by atoms with Gasteiger partial charge in [-0.05, 0) is 18.9 Å². The van der Waals surface area contributed by atoms with Gasteiger partial charge in [-0.2, -0.15) is 0 Å². The topological polar surface area (TPSA) is 59.6 Å². The van der Waals surface area contributed by atoms with Crippen molar-refractivity contribution in [1.82, 2.24) is 10.6 Å². The van der Waals surface area contributed by atoms with E-state index in [1.807, 2.05) is 24.3 Å². The summed E-state index contributed by atoms with van der Waals surface area (Å²) in [5.74, 6) is 0.864. The molecule has 0 aliphatic carbocycles. The van der Waals surface area contributed by atoms with Crippen molar-refractivity contribution in [2.75, 3.05) is 19.8 Å². The summed E-state index contributed by atoms with van der Waals surface area (Å²) in [5, 5.41) is 5.90. The molecular formula is C15H20N2O3. The number of hydrogen-bond acceptors (Lipinski definition) is 3. The molecule has 1 aromatic carbocycles. The Morgan fingerprint density at radius 1 is 1.25 bits per heavy atom. The molecule has 0 radical (unpaired) electrons. The minimum absolute atomic E-state index is 0.0180. The Morgan fingerprint density at radius 2 is 2.15 bits per heavy atom. The van der Waals surface area contributed by atoms with Crippen LogP contribution in [0.2, 0.25) is 0 Å². The Morgan fingerprint density at radius 3 is 3.00 bits per heavy atom. The lowest BCUT2D eigenvalue weighted by Crippen LogP contribution is -2.42. The lowest BCUT2D eigenvalue weighted by Gasteiger charge is -2.26. The molecule has 2 atom stereocenters. The summed E-state index contributed by atoms with van der Waals surface area (Å²) in [6, 6.07) is 7.73. The minimum atomic E-state index is -0.137. The number of carbonyl (C=O) groups excluding carboxylic acids is 1. The van der Waals surface area contributed by atoms with Crippen LogP contribution in [-0.4, -0.2) is 31.9 Å². The van der Waals surface area contributed by atoms with Gasteiger partial charge in [0.15, 0.2) is 0 Å². The third kappa shape index (κ3) is 3.04. The van der Waals surface area contributed by atoms with Crippen LogP contribution in [0.4, 0.5) is 4.79 Å². The number of rotatable bonds is 3. The first kappa shape index (κ1) is 13.2.